The number of likely N-dealkylation sites (N-methyl/N-ethyl adjacent to an activating group) is 1. The van der Waals surface area contributed by atoms with Gasteiger partial charge in [-0.2, -0.15) is 0 Å². The molecule has 0 aliphatic heterocycles. The van der Waals surface area contributed by atoms with Crippen LogP contribution in [0.15, 0.2) is 24.3 Å². The highest BCUT2D eigenvalue weighted by Crippen LogP contribution is 2.27. The van der Waals surface area contributed by atoms with Gasteiger partial charge in [-0.05, 0) is 43.6 Å². The van der Waals surface area contributed by atoms with E-state index in [2.05, 4.69) is 23.5 Å². The van der Waals surface area contributed by atoms with Crippen molar-refractivity contribution in [1.82, 2.24) is 4.90 Å². The van der Waals surface area contributed by atoms with Crippen LogP contribution < -0.4 is 10.5 Å². The molecule has 0 saturated heterocycles. The molecule has 0 amide bonds. The van der Waals surface area contributed by atoms with Crippen molar-refractivity contribution in [3.05, 3.63) is 29.8 Å². The monoisotopic (exact) mass is 304 g/mol. The van der Waals surface area contributed by atoms with E-state index < -0.39 is 6.36 Å². The number of hydrogen-bond acceptors (Lipinski definition) is 3. The first-order chi connectivity index (χ1) is 9.73. The molecule has 0 heterocycles. The molecule has 0 bridgehead atoms. The number of alkyl halides is 3. The molecule has 6 heteroatoms. The van der Waals surface area contributed by atoms with Crippen molar-refractivity contribution < 1.29 is 17.9 Å². The third-order valence-electron chi connectivity index (χ3n) is 3.29. The van der Waals surface area contributed by atoms with Crippen LogP contribution in [0.1, 0.15) is 31.9 Å². The lowest BCUT2D eigenvalue weighted by molar-refractivity contribution is -0.274. The maximum absolute atomic E-state index is 12.3. The SMILES string of the molecule is CC(C)CCN(C)C(CN)c1cccc(OC(F)(F)F)c1. The molecule has 1 aromatic rings. The highest BCUT2D eigenvalue weighted by molar-refractivity contribution is 5.31. The Morgan fingerprint density at radius 3 is 2.48 bits per heavy atom. The van der Waals surface area contributed by atoms with E-state index in [0.717, 1.165) is 18.5 Å². The molecule has 1 rings (SSSR count). The van der Waals surface area contributed by atoms with Gasteiger partial charge in [-0.25, -0.2) is 0 Å². The van der Waals surface area contributed by atoms with Gasteiger partial charge in [0, 0.05) is 12.6 Å². The zero-order chi connectivity index (χ0) is 16.0. The van der Waals surface area contributed by atoms with Crippen molar-refractivity contribution in [3.63, 3.8) is 0 Å². The Morgan fingerprint density at radius 1 is 1.29 bits per heavy atom. The van der Waals surface area contributed by atoms with Gasteiger partial charge in [0.2, 0.25) is 0 Å². The van der Waals surface area contributed by atoms with Gasteiger partial charge in [0.15, 0.2) is 0 Å². The standard InChI is InChI=1S/C15H23F3N2O/c1-11(2)7-8-20(3)14(10-19)12-5-4-6-13(9-12)21-15(16,17)18/h4-6,9,11,14H,7-8,10,19H2,1-3H3. The molecule has 1 atom stereocenters. The molecule has 0 radical (unpaired) electrons. The maximum atomic E-state index is 12.3. The Kier molecular flexibility index (Phi) is 6.48. The second-order valence-electron chi connectivity index (χ2n) is 5.53. The zero-order valence-electron chi connectivity index (χ0n) is 12.7. The summed E-state index contributed by atoms with van der Waals surface area (Å²) in [5, 5.41) is 0. The smallest absolute Gasteiger partial charge is 0.406 e. The molecule has 2 N–H and O–H groups in total. The summed E-state index contributed by atoms with van der Waals surface area (Å²) >= 11 is 0. The third-order valence-corrected chi connectivity index (χ3v) is 3.29. The van der Waals surface area contributed by atoms with Crippen molar-refractivity contribution in [2.75, 3.05) is 20.1 Å². The van der Waals surface area contributed by atoms with Gasteiger partial charge in [-0.1, -0.05) is 26.0 Å². The first-order valence-corrected chi connectivity index (χ1v) is 6.99. The van der Waals surface area contributed by atoms with Gasteiger partial charge < -0.3 is 10.5 Å². The highest BCUT2D eigenvalue weighted by atomic mass is 19.4. The highest BCUT2D eigenvalue weighted by Gasteiger charge is 2.31. The van der Waals surface area contributed by atoms with Crippen LogP contribution in [0, 0.1) is 5.92 Å². The number of benzene rings is 1. The van der Waals surface area contributed by atoms with E-state index in [9.17, 15) is 13.2 Å². The Balaban J connectivity index is 2.83. The lowest BCUT2D eigenvalue weighted by Crippen LogP contribution is -2.32. The molecular weight excluding hydrogens is 281 g/mol. The summed E-state index contributed by atoms with van der Waals surface area (Å²) in [6.45, 7) is 5.43. The fraction of sp³-hybridized carbons (Fsp3) is 0.600. The molecule has 3 nitrogen and oxygen atoms in total. The van der Waals surface area contributed by atoms with Gasteiger partial charge in [0.05, 0.1) is 0 Å². The molecule has 1 aromatic carbocycles. The predicted molar refractivity (Wildman–Crippen MR) is 77.0 cm³/mol. The Labute approximate surface area is 123 Å². The largest absolute Gasteiger partial charge is 0.573 e. The second-order valence-corrected chi connectivity index (χ2v) is 5.53. The summed E-state index contributed by atoms with van der Waals surface area (Å²) < 4.78 is 40.8. The van der Waals surface area contributed by atoms with Crippen molar-refractivity contribution in [1.29, 1.82) is 0 Å². The van der Waals surface area contributed by atoms with Gasteiger partial charge in [-0.15, -0.1) is 13.2 Å². The van der Waals surface area contributed by atoms with Crippen molar-refractivity contribution >= 4 is 0 Å². The van der Waals surface area contributed by atoms with E-state index in [0.29, 0.717) is 12.5 Å². The van der Waals surface area contributed by atoms with Crippen LogP contribution in [-0.4, -0.2) is 31.4 Å². The maximum Gasteiger partial charge on any atom is 0.573 e. The normalized spacial score (nSPS) is 13.8. The Morgan fingerprint density at radius 2 is 1.95 bits per heavy atom. The van der Waals surface area contributed by atoms with Gasteiger partial charge in [0.25, 0.3) is 0 Å². The molecule has 120 valence electrons. The summed E-state index contributed by atoms with van der Waals surface area (Å²) in [7, 11) is 1.93. The van der Waals surface area contributed by atoms with Crippen LogP contribution >= 0.6 is 0 Å². The topological polar surface area (TPSA) is 38.5 Å². The molecule has 0 spiro atoms. The molecule has 1 unspecified atom stereocenters. The number of nitrogens with zero attached hydrogens (tertiary/aromatic N) is 1. The van der Waals surface area contributed by atoms with Crippen LogP contribution in [0.2, 0.25) is 0 Å². The quantitative estimate of drug-likeness (QED) is 0.837. The zero-order valence-corrected chi connectivity index (χ0v) is 12.7. The van der Waals surface area contributed by atoms with Gasteiger partial charge in [0.1, 0.15) is 5.75 Å². The average molecular weight is 304 g/mol. The Hall–Kier alpha value is -1.27. The Bertz CT molecular complexity index is 435. The summed E-state index contributed by atoms with van der Waals surface area (Å²) in [5.74, 6) is 0.349. The summed E-state index contributed by atoms with van der Waals surface area (Å²) in [4.78, 5) is 2.06. The molecule has 21 heavy (non-hydrogen) atoms. The minimum absolute atomic E-state index is 0.125. The number of halogens is 3. The van der Waals surface area contributed by atoms with E-state index in [-0.39, 0.29) is 11.8 Å². The fourth-order valence-electron chi connectivity index (χ4n) is 2.11. The van der Waals surface area contributed by atoms with Crippen LogP contribution in [0.3, 0.4) is 0 Å². The van der Waals surface area contributed by atoms with Crippen LogP contribution in [0.5, 0.6) is 5.75 Å². The fourth-order valence-corrected chi connectivity index (χ4v) is 2.11. The minimum Gasteiger partial charge on any atom is -0.406 e. The first-order valence-electron chi connectivity index (χ1n) is 6.99. The molecule has 0 saturated carbocycles. The summed E-state index contributed by atoms with van der Waals surface area (Å²) in [5.41, 5.74) is 6.51. The lowest BCUT2D eigenvalue weighted by atomic mass is 10.0. The molecule has 0 aliphatic rings. The lowest BCUT2D eigenvalue weighted by Gasteiger charge is -2.28. The van der Waals surface area contributed by atoms with Gasteiger partial charge >= 0.3 is 6.36 Å². The van der Waals surface area contributed by atoms with E-state index >= 15 is 0 Å². The predicted octanol–water partition coefficient (Wildman–Crippen LogP) is 3.56. The van der Waals surface area contributed by atoms with Crippen LogP contribution in [0.4, 0.5) is 13.2 Å². The molecule has 0 aromatic heterocycles. The number of rotatable bonds is 7. The molecule has 0 aliphatic carbocycles. The van der Waals surface area contributed by atoms with E-state index in [4.69, 9.17) is 5.73 Å². The van der Waals surface area contributed by atoms with Crippen molar-refractivity contribution in [2.24, 2.45) is 11.7 Å². The van der Waals surface area contributed by atoms with Crippen molar-refractivity contribution in [3.8, 4) is 5.75 Å². The summed E-state index contributed by atoms with van der Waals surface area (Å²) in [6, 6.07) is 5.89. The van der Waals surface area contributed by atoms with E-state index in [1.165, 1.54) is 12.1 Å². The number of ether oxygens (including phenoxy) is 1. The first kappa shape index (κ1) is 17.8. The van der Waals surface area contributed by atoms with Gasteiger partial charge in [-0.3, -0.25) is 4.90 Å². The van der Waals surface area contributed by atoms with E-state index in [1.54, 1.807) is 12.1 Å². The molecule has 0 fully saturated rings. The van der Waals surface area contributed by atoms with Crippen LogP contribution in [0.25, 0.3) is 0 Å². The van der Waals surface area contributed by atoms with Crippen molar-refractivity contribution in [2.45, 2.75) is 32.7 Å². The minimum atomic E-state index is -4.68. The molecular formula is C15H23F3N2O. The number of nitrogens with two attached hydrogens (primary N) is 1. The summed E-state index contributed by atoms with van der Waals surface area (Å²) in [6.07, 6.45) is -3.67. The number of hydrogen-bond donors (Lipinski definition) is 1. The average Bonchev–Trinajstić information content (AvgIpc) is 2.35. The van der Waals surface area contributed by atoms with Crippen LogP contribution in [-0.2, 0) is 0 Å². The van der Waals surface area contributed by atoms with E-state index in [1.807, 2.05) is 7.05 Å². The third kappa shape index (κ3) is 6.35. The second kappa shape index (κ2) is 7.66.